The van der Waals surface area contributed by atoms with E-state index in [-0.39, 0.29) is 11.4 Å². The maximum Gasteiger partial charge on any atom is 0.249 e. The van der Waals surface area contributed by atoms with E-state index in [4.69, 9.17) is 0 Å². The first-order valence-corrected chi connectivity index (χ1v) is 5.92. The van der Waals surface area contributed by atoms with E-state index in [2.05, 4.69) is 5.32 Å². The Hall–Kier alpha value is -1.35. The third-order valence-electron chi connectivity index (χ3n) is 2.35. The van der Waals surface area contributed by atoms with Crippen LogP contribution in [0.4, 0.5) is 0 Å². The predicted octanol–water partition coefficient (Wildman–Crippen LogP) is 1.89. The van der Waals surface area contributed by atoms with Crippen molar-refractivity contribution in [3.63, 3.8) is 0 Å². The van der Waals surface area contributed by atoms with Crippen LogP contribution in [0, 0.1) is 0 Å². The number of benzene rings is 1. The molecule has 1 aromatic rings. The monoisotopic (exact) mass is 235 g/mol. The molecule has 2 N–H and O–H groups in total. The summed E-state index contributed by atoms with van der Waals surface area (Å²) in [5.74, 6) is -0.298. The fraction of sp³-hybridized carbons (Fsp3) is 0.500. The predicted molar refractivity (Wildman–Crippen MR) is 68.7 cm³/mol. The van der Waals surface area contributed by atoms with Gasteiger partial charge in [0.15, 0.2) is 0 Å². The molecule has 17 heavy (non-hydrogen) atoms. The molecule has 0 heterocycles. The smallest absolute Gasteiger partial charge is 0.249 e. The highest BCUT2D eigenvalue weighted by Gasteiger charge is 2.20. The second-order valence-corrected chi connectivity index (χ2v) is 5.28. The zero-order chi connectivity index (χ0) is 12.9. The van der Waals surface area contributed by atoms with E-state index >= 15 is 0 Å². The molecule has 0 fully saturated rings. The van der Waals surface area contributed by atoms with E-state index in [9.17, 15) is 9.90 Å². The lowest BCUT2D eigenvalue weighted by Gasteiger charge is -2.22. The van der Waals surface area contributed by atoms with Crippen LogP contribution >= 0.6 is 0 Å². The molecule has 1 amide bonds. The van der Waals surface area contributed by atoms with Crippen molar-refractivity contribution in [3.8, 4) is 0 Å². The second-order valence-electron chi connectivity index (χ2n) is 5.28. The molecule has 0 aliphatic carbocycles. The average molecular weight is 235 g/mol. The minimum absolute atomic E-state index is 0.298. The van der Waals surface area contributed by atoms with Gasteiger partial charge in [-0.15, -0.1) is 0 Å². The molecule has 0 saturated carbocycles. The quantitative estimate of drug-likeness (QED) is 0.837. The molecule has 0 aromatic heterocycles. The van der Waals surface area contributed by atoms with E-state index in [1.807, 2.05) is 51.1 Å². The Kier molecular flexibility index (Phi) is 4.70. The number of amides is 1. The van der Waals surface area contributed by atoms with E-state index in [0.717, 1.165) is 5.56 Å². The van der Waals surface area contributed by atoms with Crippen LogP contribution in [0.5, 0.6) is 0 Å². The second kappa shape index (κ2) is 5.82. The van der Waals surface area contributed by atoms with Crippen molar-refractivity contribution in [3.05, 3.63) is 35.9 Å². The minimum atomic E-state index is -0.936. The molecule has 3 nitrogen and oxygen atoms in total. The molecule has 0 bridgehead atoms. The van der Waals surface area contributed by atoms with Gasteiger partial charge in [-0.3, -0.25) is 4.79 Å². The number of carbonyl (C=O) groups excluding carboxylic acids is 1. The first kappa shape index (κ1) is 13.7. The summed E-state index contributed by atoms with van der Waals surface area (Å²) >= 11 is 0. The van der Waals surface area contributed by atoms with E-state index < -0.39 is 6.10 Å². The van der Waals surface area contributed by atoms with Gasteiger partial charge in [-0.1, -0.05) is 30.3 Å². The first-order chi connectivity index (χ1) is 7.88. The summed E-state index contributed by atoms with van der Waals surface area (Å²) < 4.78 is 0. The SMILES string of the molecule is CC(C)(C)NC(=O)C(O)CCc1ccccc1. The van der Waals surface area contributed by atoms with Crippen molar-refractivity contribution in [2.45, 2.75) is 45.3 Å². The summed E-state index contributed by atoms with van der Waals surface area (Å²) in [6.07, 6.45) is 0.223. The third kappa shape index (κ3) is 5.50. The number of aryl methyl sites for hydroxylation is 1. The van der Waals surface area contributed by atoms with E-state index in [1.54, 1.807) is 0 Å². The van der Waals surface area contributed by atoms with Gasteiger partial charge in [-0.25, -0.2) is 0 Å². The van der Waals surface area contributed by atoms with Crippen LogP contribution in [0.3, 0.4) is 0 Å². The van der Waals surface area contributed by atoms with Crippen LogP contribution in [0.2, 0.25) is 0 Å². The zero-order valence-corrected chi connectivity index (χ0v) is 10.7. The number of nitrogens with one attached hydrogen (secondary N) is 1. The Balaban J connectivity index is 2.40. The zero-order valence-electron chi connectivity index (χ0n) is 10.7. The van der Waals surface area contributed by atoms with Crippen LogP contribution in [0.25, 0.3) is 0 Å². The van der Waals surface area contributed by atoms with Crippen molar-refractivity contribution in [2.75, 3.05) is 0 Å². The number of hydrogen-bond donors (Lipinski definition) is 2. The average Bonchev–Trinajstić information content (AvgIpc) is 2.25. The molecule has 0 saturated heterocycles. The third-order valence-corrected chi connectivity index (χ3v) is 2.35. The van der Waals surface area contributed by atoms with Gasteiger partial charge in [0.05, 0.1) is 0 Å². The number of aliphatic hydroxyl groups is 1. The summed E-state index contributed by atoms with van der Waals surface area (Å²) in [7, 11) is 0. The van der Waals surface area contributed by atoms with E-state index in [0.29, 0.717) is 12.8 Å². The van der Waals surface area contributed by atoms with Gasteiger partial charge in [0.25, 0.3) is 0 Å². The first-order valence-electron chi connectivity index (χ1n) is 5.92. The Morgan fingerprint density at radius 1 is 1.29 bits per heavy atom. The molecule has 0 radical (unpaired) electrons. The van der Waals surface area contributed by atoms with Gasteiger partial charge < -0.3 is 10.4 Å². The number of hydrogen-bond acceptors (Lipinski definition) is 2. The van der Waals surface area contributed by atoms with Gasteiger partial charge in [-0.05, 0) is 39.2 Å². The Labute approximate surface area is 103 Å². The van der Waals surface area contributed by atoms with Gasteiger partial charge in [0, 0.05) is 5.54 Å². The summed E-state index contributed by atoms with van der Waals surface area (Å²) in [6.45, 7) is 5.69. The molecule has 1 atom stereocenters. The molecule has 1 aromatic carbocycles. The topological polar surface area (TPSA) is 49.3 Å². The normalized spacial score (nSPS) is 13.2. The lowest BCUT2D eigenvalue weighted by atomic mass is 10.0. The Bertz CT molecular complexity index is 354. The standard InChI is InChI=1S/C14H21NO2/c1-14(2,3)15-13(17)12(16)10-9-11-7-5-4-6-8-11/h4-8,12,16H,9-10H2,1-3H3,(H,15,17). The number of aliphatic hydroxyl groups excluding tert-OH is 1. The lowest BCUT2D eigenvalue weighted by molar-refractivity contribution is -0.131. The van der Waals surface area contributed by atoms with Gasteiger partial charge in [-0.2, -0.15) is 0 Å². The molecule has 94 valence electrons. The summed E-state index contributed by atoms with van der Waals surface area (Å²) in [4.78, 5) is 11.6. The molecule has 0 aliphatic heterocycles. The lowest BCUT2D eigenvalue weighted by Crippen LogP contribution is -2.46. The fourth-order valence-electron chi connectivity index (χ4n) is 1.53. The maximum atomic E-state index is 11.6. The van der Waals surface area contributed by atoms with Crippen LogP contribution in [-0.4, -0.2) is 22.7 Å². The van der Waals surface area contributed by atoms with Gasteiger partial charge in [0.1, 0.15) is 6.10 Å². The summed E-state index contributed by atoms with van der Waals surface area (Å²) in [5.41, 5.74) is 0.834. The van der Waals surface area contributed by atoms with Crippen LogP contribution in [0.15, 0.2) is 30.3 Å². The summed E-state index contributed by atoms with van der Waals surface area (Å²) in [6, 6.07) is 9.85. The molecular formula is C14H21NO2. The fourth-order valence-corrected chi connectivity index (χ4v) is 1.53. The van der Waals surface area contributed by atoms with Crippen molar-refractivity contribution in [2.24, 2.45) is 0 Å². The van der Waals surface area contributed by atoms with Crippen LogP contribution < -0.4 is 5.32 Å². The number of rotatable bonds is 4. The van der Waals surface area contributed by atoms with Gasteiger partial charge >= 0.3 is 0 Å². The molecular weight excluding hydrogens is 214 g/mol. The highest BCUT2D eigenvalue weighted by molar-refractivity contribution is 5.81. The highest BCUT2D eigenvalue weighted by atomic mass is 16.3. The van der Waals surface area contributed by atoms with Crippen molar-refractivity contribution in [1.82, 2.24) is 5.32 Å². The highest BCUT2D eigenvalue weighted by Crippen LogP contribution is 2.06. The molecule has 0 spiro atoms. The molecule has 1 unspecified atom stereocenters. The van der Waals surface area contributed by atoms with Crippen molar-refractivity contribution in [1.29, 1.82) is 0 Å². The molecule has 0 aliphatic rings. The summed E-state index contributed by atoms with van der Waals surface area (Å²) in [5, 5.41) is 12.5. The Morgan fingerprint density at radius 2 is 1.88 bits per heavy atom. The Morgan fingerprint density at radius 3 is 2.41 bits per heavy atom. The van der Waals surface area contributed by atoms with Crippen molar-refractivity contribution >= 4 is 5.91 Å². The maximum absolute atomic E-state index is 11.6. The van der Waals surface area contributed by atoms with Crippen LogP contribution in [0.1, 0.15) is 32.8 Å². The van der Waals surface area contributed by atoms with Gasteiger partial charge in [0.2, 0.25) is 5.91 Å². The largest absolute Gasteiger partial charge is 0.383 e. The minimum Gasteiger partial charge on any atom is -0.383 e. The number of carbonyl (C=O) groups is 1. The molecule has 3 heteroatoms. The van der Waals surface area contributed by atoms with E-state index in [1.165, 1.54) is 0 Å². The van der Waals surface area contributed by atoms with Crippen molar-refractivity contribution < 1.29 is 9.90 Å². The molecule has 1 rings (SSSR count). The van der Waals surface area contributed by atoms with Crippen LogP contribution in [-0.2, 0) is 11.2 Å².